The fourth-order valence-electron chi connectivity index (χ4n) is 1.39. The highest BCUT2D eigenvalue weighted by atomic mass is 35.5. The van der Waals surface area contributed by atoms with Crippen LogP contribution in [0.1, 0.15) is 11.1 Å². The Morgan fingerprint density at radius 3 is 2.50 bits per heavy atom. The first-order chi connectivity index (χ1) is 6.86. The summed E-state index contributed by atoms with van der Waals surface area (Å²) in [5, 5.41) is 0.824. The Morgan fingerprint density at radius 2 is 1.79 bits per heavy atom. The molecule has 0 heterocycles. The van der Waals surface area contributed by atoms with Gasteiger partial charge in [-0.2, -0.15) is 0 Å². The Bertz CT molecular complexity index is 407. The molecule has 0 atom stereocenters. The van der Waals surface area contributed by atoms with Crippen LogP contribution in [0.25, 0.3) is 0 Å². The van der Waals surface area contributed by atoms with Crippen molar-refractivity contribution in [2.45, 2.75) is 6.42 Å². The van der Waals surface area contributed by atoms with E-state index in [0.29, 0.717) is 0 Å². The number of rotatable bonds is 2. The van der Waals surface area contributed by atoms with Crippen LogP contribution in [0.3, 0.4) is 0 Å². The predicted octanol–water partition coefficient (Wildman–Crippen LogP) is 3.73. The first-order valence-corrected chi connectivity index (χ1v) is 4.93. The third kappa shape index (κ3) is 2.15. The van der Waals surface area contributed by atoms with Crippen molar-refractivity contribution >= 4 is 11.6 Å². The number of hydrogen-bond acceptors (Lipinski definition) is 0. The zero-order valence-corrected chi connectivity index (χ0v) is 8.46. The maximum absolute atomic E-state index is 6.06. The Labute approximate surface area is 89.2 Å². The van der Waals surface area contributed by atoms with Crippen molar-refractivity contribution in [1.29, 1.82) is 0 Å². The van der Waals surface area contributed by atoms with Gasteiger partial charge in [0.2, 0.25) is 0 Å². The zero-order chi connectivity index (χ0) is 9.80. The smallest absolute Gasteiger partial charge is 0.0441 e. The third-order valence-corrected chi connectivity index (χ3v) is 2.48. The highest BCUT2D eigenvalue weighted by Crippen LogP contribution is 2.18. The molecule has 0 N–H and O–H groups in total. The van der Waals surface area contributed by atoms with E-state index in [0.717, 1.165) is 17.0 Å². The molecule has 0 aliphatic carbocycles. The molecule has 1 heteroatoms. The average Bonchev–Trinajstić information content (AvgIpc) is 2.23. The maximum Gasteiger partial charge on any atom is 0.0441 e. The van der Waals surface area contributed by atoms with Gasteiger partial charge >= 0.3 is 0 Å². The molecule has 0 spiro atoms. The van der Waals surface area contributed by atoms with Crippen molar-refractivity contribution in [3.8, 4) is 0 Å². The number of benzene rings is 2. The third-order valence-electron chi connectivity index (χ3n) is 2.11. The molecule has 14 heavy (non-hydrogen) atoms. The van der Waals surface area contributed by atoms with E-state index in [9.17, 15) is 0 Å². The van der Waals surface area contributed by atoms with Crippen molar-refractivity contribution in [2.75, 3.05) is 0 Å². The average molecular weight is 202 g/mol. The second kappa shape index (κ2) is 4.30. The molecule has 0 aliphatic heterocycles. The van der Waals surface area contributed by atoms with Crippen molar-refractivity contribution in [3.05, 3.63) is 70.7 Å². The summed E-state index contributed by atoms with van der Waals surface area (Å²) in [6, 6.07) is 19.1. The van der Waals surface area contributed by atoms with Crippen molar-refractivity contribution < 1.29 is 0 Å². The summed E-state index contributed by atoms with van der Waals surface area (Å²) in [4.78, 5) is 0. The normalized spacial score (nSPS) is 10.1. The summed E-state index contributed by atoms with van der Waals surface area (Å²) in [5.74, 6) is 0. The Hall–Kier alpha value is -1.27. The van der Waals surface area contributed by atoms with E-state index in [1.807, 2.05) is 42.5 Å². The quantitative estimate of drug-likeness (QED) is 0.695. The van der Waals surface area contributed by atoms with E-state index in [4.69, 9.17) is 11.6 Å². The van der Waals surface area contributed by atoms with Gasteiger partial charge in [-0.3, -0.25) is 0 Å². The first kappa shape index (κ1) is 9.29. The van der Waals surface area contributed by atoms with Crippen molar-refractivity contribution in [2.24, 2.45) is 0 Å². The second-order valence-corrected chi connectivity index (χ2v) is 3.56. The molecule has 0 nitrogen and oxygen atoms in total. The van der Waals surface area contributed by atoms with Crippen LogP contribution in [0.2, 0.25) is 5.02 Å². The molecule has 2 aromatic rings. The highest BCUT2D eigenvalue weighted by molar-refractivity contribution is 6.31. The second-order valence-electron chi connectivity index (χ2n) is 3.16. The van der Waals surface area contributed by atoms with E-state index < -0.39 is 0 Å². The standard InChI is InChI=1S/C13H10Cl/c14-13-9-5-4-8-12(13)10-11-6-2-1-3-7-11/h1-6,8-9H,10H2. The van der Waals surface area contributed by atoms with Crippen molar-refractivity contribution in [3.63, 3.8) is 0 Å². The predicted molar refractivity (Wildman–Crippen MR) is 59.5 cm³/mol. The summed E-state index contributed by atoms with van der Waals surface area (Å²) in [6.45, 7) is 0. The topological polar surface area (TPSA) is 0 Å². The van der Waals surface area contributed by atoms with Gasteiger partial charge in [0.05, 0.1) is 0 Å². The van der Waals surface area contributed by atoms with Crippen LogP contribution in [0.5, 0.6) is 0 Å². The van der Waals surface area contributed by atoms with Crippen LogP contribution in [0.4, 0.5) is 0 Å². The molecule has 2 aromatic carbocycles. The Balaban J connectivity index is 2.24. The summed E-state index contributed by atoms with van der Waals surface area (Å²) >= 11 is 6.06. The highest BCUT2D eigenvalue weighted by Gasteiger charge is 1.99. The van der Waals surface area contributed by atoms with Gasteiger partial charge in [-0.05, 0) is 29.7 Å². The lowest BCUT2D eigenvalue weighted by Crippen LogP contribution is -1.88. The summed E-state index contributed by atoms with van der Waals surface area (Å²) < 4.78 is 0. The van der Waals surface area contributed by atoms with Crippen molar-refractivity contribution in [1.82, 2.24) is 0 Å². The van der Waals surface area contributed by atoms with Crippen LogP contribution in [0, 0.1) is 6.07 Å². The zero-order valence-electron chi connectivity index (χ0n) is 7.70. The summed E-state index contributed by atoms with van der Waals surface area (Å²) in [5.41, 5.74) is 2.32. The van der Waals surface area contributed by atoms with Gasteiger partial charge in [0, 0.05) is 5.02 Å². The van der Waals surface area contributed by atoms with E-state index in [1.54, 1.807) is 0 Å². The first-order valence-electron chi connectivity index (χ1n) is 4.55. The molecule has 2 rings (SSSR count). The fourth-order valence-corrected chi connectivity index (χ4v) is 1.59. The van der Waals surface area contributed by atoms with Gasteiger partial charge < -0.3 is 0 Å². The van der Waals surface area contributed by atoms with E-state index >= 15 is 0 Å². The lowest BCUT2D eigenvalue weighted by Gasteiger charge is -2.02. The minimum atomic E-state index is 0.824. The SMILES string of the molecule is Clc1ccccc1Cc1[c]cccc1. The molecule has 0 saturated carbocycles. The molecule has 69 valence electrons. The lowest BCUT2D eigenvalue weighted by molar-refractivity contribution is 1.19. The van der Waals surface area contributed by atoms with Gasteiger partial charge in [-0.15, -0.1) is 0 Å². The van der Waals surface area contributed by atoms with Crippen LogP contribution >= 0.6 is 11.6 Å². The van der Waals surface area contributed by atoms with E-state index in [-0.39, 0.29) is 0 Å². The minimum Gasteiger partial charge on any atom is -0.0840 e. The fraction of sp³-hybridized carbons (Fsp3) is 0.0769. The summed E-state index contributed by atoms with van der Waals surface area (Å²) in [6.07, 6.45) is 0.848. The molecule has 0 aliphatic rings. The molecular weight excluding hydrogens is 192 g/mol. The maximum atomic E-state index is 6.06. The van der Waals surface area contributed by atoms with E-state index in [2.05, 4.69) is 12.1 Å². The largest absolute Gasteiger partial charge is 0.0840 e. The lowest BCUT2D eigenvalue weighted by atomic mass is 10.1. The molecule has 0 fully saturated rings. The van der Waals surface area contributed by atoms with Crippen LogP contribution in [-0.4, -0.2) is 0 Å². The van der Waals surface area contributed by atoms with Gasteiger partial charge in [-0.25, -0.2) is 0 Å². The minimum absolute atomic E-state index is 0.824. The van der Waals surface area contributed by atoms with Crippen LogP contribution in [-0.2, 0) is 6.42 Å². The van der Waals surface area contributed by atoms with Gasteiger partial charge in [0.1, 0.15) is 0 Å². The molecule has 1 radical (unpaired) electrons. The molecular formula is C13H10Cl. The molecule has 0 saturated heterocycles. The molecule has 0 bridgehead atoms. The monoisotopic (exact) mass is 201 g/mol. The Kier molecular flexibility index (Phi) is 2.85. The summed E-state index contributed by atoms with van der Waals surface area (Å²) in [7, 11) is 0. The van der Waals surface area contributed by atoms with Gasteiger partial charge in [-0.1, -0.05) is 54.1 Å². The molecule has 0 aromatic heterocycles. The Morgan fingerprint density at radius 1 is 1.00 bits per heavy atom. The van der Waals surface area contributed by atoms with Crippen LogP contribution < -0.4 is 0 Å². The molecule has 0 unspecified atom stereocenters. The van der Waals surface area contributed by atoms with Crippen LogP contribution in [0.15, 0.2) is 48.5 Å². The number of hydrogen-bond donors (Lipinski definition) is 0. The van der Waals surface area contributed by atoms with E-state index in [1.165, 1.54) is 5.56 Å². The van der Waals surface area contributed by atoms with Gasteiger partial charge in [0.25, 0.3) is 0 Å². The molecule has 0 amide bonds. The number of halogens is 1. The van der Waals surface area contributed by atoms with Gasteiger partial charge in [0.15, 0.2) is 0 Å².